The van der Waals surface area contributed by atoms with Crippen LogP contribution in [0.2, 0.25) is 5.02 Å². The standard InChI is InChI=1S/C13H12ClN3O3/c1-2-16-11-4-3-5-12(13(11)17(18)19)20-10-6-9(14)7-15-8-10/h3-8,16H,2H2,1H3. The zero-order valence-electron chi connectivity index (χ0n) is 10.7. The van der Waals surface area contributed by atoms with Gasteiger partial charge in [0.15, 0.2) is 0 Å². The van der Waals surface area contributed by atoms with Crippen molar-refractivity contribution in [3.8, 4) is 11.5 Å². The summed E-state index contributed by atoms with van der Waals surface area (Å²) < 4.78 is 5.51. The van der Waals surface area contributed by atoms with Gasteiger partial charge in [-0.1, -0.05) is 17.7 Å². The number of nitro benzene ring substituents is 1. The SMILES string of the molecule is CCNc1cccc(Oc2cncc(Cl)c2)c1[N+](=O)[O-]. The fourth-order valence-electron chi connectivity index (χ4n) is 1.70. The molecule has 0 unspecified atom stereocenters. The molecule has 0 aliphatic heterocycles. The zero-order chi connectivity index (χ0) is 14.5. The van der Waals surface area contributed by atoms with Gasteiger partial charge in [-0.15, -0.1) is 0 Å². The van der Waals surface area contributed by atoms with Crippen LogP contribution in [0.4, 0.5) is 11.4 Å². The Hall–Kier alpha value is -2.34. The van der Waals surface area contributed by atoms with Crippen LogP contribution in [-0.4, -0.2) is 16.5 Å². The Kier molecular flexibility index (Phi) is 4.37. The first kappa shape index (κ1) is 14.1. The third-order valence-electron chi connectivity index (χ3n) is 2.46. The van der Waals surface area contributed by atoms with Gasteiger partial charge in [0.1, 0.15) is 11.4 Å². The number of halogens is 1. The van der Waals surface area contributed by atoms with Crippen LogP contribution < -0.4 is 10.1 Å². The van der Waals surface area contributed by atoms with Crippen molar-refractivity contribution in [2.24, 2.45) is 0 Å². The summed E-state index contributed by atoms with van der Waals surface area (Å²) in [6.07, 6.45) is 2.90. The number of nitro groups is 1. The predicted molar refractivity (Wildman–Crippen MR) is 76.6 cm³/mol. The summed E-state index contributed by atoms with van der Waals surface area (Å²) in [6, 6.07) is 6.38. The Labute approximate surface area is 120 Å². The van der Waals surface area contributed by atoms with Crippen LogP contribution in [0.15, 0.2) is 36.7 Å². The number of nitrogens with one attached hydrogen (secondary N) is 1. The Morgan fingerprint density at radius 1 is 1.45 bits per heavy atom. The highest BCUT2D eigenvalue weighted by Crippen LogP contribution is 2.37. The second-order valence-corrected chi connectivity index (χ2v) is 4.32. The molecule has 0 fully saturated rings. The van der Waals surface area contributed by atoms with Gasteiger partial charge in [0.05, 0.1) is 16.1 Å². The number of aromatic nitrogens is 1. The van der Waals surface area contributed by atoms with Gasteiger partial charge < -0.3 is 10.1 Å². The molecule has 20 heavy (non-hydrogen) atoms. The Balaban J connectivity index is 2.40. The van der Waals surface area contributed by atoms with E-state index in [-0.39, 0.29) is 11.4 Å². The summed E-state index contributed by atoms with van der Waals surface area (Å²) in [6.45, 7) is 2.43. The molecule has 0 spiro atoms. The van der Waals surface area contributed by atoms with Gasteiger partial charge in [-0.05, 0) is 19.1 Å². The number of ether oxygens (including phenoxy) is 1. The van der Waals surface area contributed by atoms with E-state index in [1.807, 2.05) is 6.92 Å². The minimum Gasteiger partial charge on any atom is -0.448 e. The van der Waals surface area contributed by atoms with Crippen molar-refractivity contribution in [1.29, 1.82) is 0 Å². The molecular formula is C13H12ClN3O3. The van der Waals surface area contributed by atoms with Gasteiger partial charge in [0, 0.05) is 18.8 Å². The summed E-state index contributed by atoms with van der Waals surface area (Å²) in [5.41, 5.74) is 0.291. The predicted octanol–water partition coefficient (Wildman–Crippen LogP) is 3.87. The summed E-state index contributed by atoms with van der Waals surface area (Å²) in [7, 11) is 0. The van der Waals surface area contributed by atoms with Crippen LogP contribution in [-0.2, 0) is 0 Å². The molecule has 2 aromatic rings. The maximum Gasteiger partial charge on any atom is 0.334 e. The van der Waals surface area contributed by atoms with Crippen molar-refractivity contribution in [3.63, 3.8) is 0 Å². The van der Waals surface area contributed by atoms with E-state index in [9.17, 15) is 10.1 Å². The fourth-order valence-corrected chi connectivity index (χ4v) is 1.87. The van der Waals surface area contributed by atoms with E-state index >= 15 is 0 Å². The van der Waals surface area contributed by atoms with Crippen LogP contribution in [0.25, 0.3) is 0 Å². The first-order valence-corrected chi connectivity index (χ1v) is 6.29. The van der Waals surface area contributed by atoms with Crippen LogP contribution in [0.1, 0.15) is 6.92 Å². The minimum absolute atomic E-state index is 0.116. The maximum absolute atomic E-state index is 11.2. The molecule has 0 saturated carbocycles. The molecule has 0 atom stereocenters. The third-order valence-corrected chi connectivity index (χ3v) is 2.66. The summed E-state index contributed by atoms with van der Waals surface area (Å²) in [5.74, 6) is 0.478. The van der Waals surface area contributed by atoms with Gasteiger partial charge in [-0.3, -0.25) is 15.1 Å². The number of benzene rings is 1. The van der Waals surface area contributed by atoms with Crippen molar-refractivity contribution >= 4 is 23.0 Å². The molecule has 1 aromatic heterocycles. The van der Waals surface area contributed by atoms with Crippen LogP contribution in [0.5, 0.6) is 11.5 Å². The van der Waals surface area contributed by atoms with Crippen LogP contribution in [0, 0.1) is 10.1 Å². The van der Waals surface area contributed by atoms with E-state index < -0.39 is 4.92 Å². The third kappa shape index (κ3) is 3.16. The number of nitrogens with zero attached hydrogens (tertiary/aromatic N) is 2. The van der Waals surface area contributed by atoms with E-state index in [1.165, 1.54) is 24.5 Å². The first-order chi connectivity index (χ1) is 9.61. The van der Waals surface area contributed by atoms with E-state index in [4.69, 9.17) is 16.3 Å². The maximum atomic E-state index is 11.2. The van der Waals surface area contributed by atoms with Crippen molar-refractivity contribution in [2.75, 3.05) is 11.9 Å². The first-order valence-electron chi connectivity index (χ1n) is 5.91. The van der Waals surface area contributed by atoms with E-state index in [2.05, 4.69) is 10.3 Å². The normalized spacial score (nSPS) is 10.1. The van der Waals surface area contributed by atoms with Gasteiger partial charge in [0.25, 0.3) is 0 Å². The number of hydrogen-bond donors (Lipinski definition) is 1. The van der Waals surface area contributed by atoms with E-state index in [0.29, 0.717) is 23.0 Å². The smallest absolute Gasteiger partial charge is 0.334 e. The second kappa shape index (κ2) is 6.21. The lowest BCUT2D eigenvalue weighted by molar-refractivity contribution is -0.384. The lowest BCUT2D eigenvalue weighted by atomic mass is 10.2. The van der Waals surface area contributed by atoms with Crippen LogP contribution in [0.3, 0.4) is 0 Å². The Morgan fingerprint density at radius 3 is 2.90 bits per heavy atom. The molecule has 2 rings (SSSR count). The number of rotatable bonds is 5. The summed E-state index contributed by atoms with van der Waals surface area (Å²) in [5, 5.41) is 14.5. The fraction of sp³-hybridized carbons (Fsp3) is 0.154. The molecule has 6 nitrogen and oxygen atoms in total. The van der Waals surface area contributed by atoms with Gasteiger partial charge in [-0.25, -0.2) is 0 Å². The molecule has 0 aliphatic rings. The molecule has 7 heteroatoms. The molecule has 104 valence electrons. The average molecular weight is 294 g/mol. The highest BCUT2D eigenvalue weighted by molar-refractivity contribution is 6.30. The Bertz CT molecular complexity index is 634. The second-order valence-electron chi connectivity index (χ2n) is 3.88. The van der Waals surface area contributed by atoms with E-state index in [0.717, 1.165) is 0 Å². The molecule has 0 radical (unpaired) electrons. The highest BCUT2D eigenvalue weighted by Gasteiger charge is 2.21. The topological polar surface area (TPSA) is 77.3 Å². The van der Waals surface area contributed by atoms with Crippen molar-refractivity contribution in [2.45, 2.75) is 6.92 Å². The number of anilines is 1. The molecule has 1 heterocycles. The van der Waals surface area contributed by atoms with Gasteiger partial charge >= 0.3 is 5.69 Å². The number of para-hydroxylation sites is 1. The highest BCUT2D eigenvalue weighted by atomic mass is 35.5. The molecule has 1 N–H and O–H groups in total. The molecule has 0 saturated heterocycles. The molecular weight excluding hydrogens is 282 g/mol. The average Bonchev–Trinajstić information content (AvgIpc) is 2.39. The molecule has 1 aromatic carbocycles. The van der Waals surface area contributed by atoms with Gasteiger partial charge in [0.2, 0.25) is 5.75 Å². The molecule has 0 amide bonds. The lowest BCUT2D eigenvalue weighted by Gasteiger charge is -2.09. The van der Waals surface area contributed by atoms with Crippen molar-refractivity contribution in [3.05, 3.63) is 51.8 Å². The summed E-state index contributed by atoms with van der Waals surface area (Å²) in [4.78, 5) is 14.6. The number of pyridine rings is 1. The van der Waals surface area contributed by atoms with Crippen molar-refractivity contribution < 1.29 is 9.66 Å². The van der Waals surface area contributed by atoms with E-state index in [1.54, 1.807) is 12.1 Å². The lowest BCUT2D eigenvalue weighted by Crippen LogP contribution is -2.02. The zero-order valence-corrected chi connectivity index (χ0v) is 11.4. The number of hydrogen-bond acceptors (Lipinski definition) is 5. The minimum atomic E-state index is -0.481. The largest absolute Gasteiger partial charge is 0.448 e. The summed E-state index contributed by atoms with van der Waals surface area (Å²) >= 11 is 5.81. The molecule has 0 aliphatic carbocycles. The molecule has 0 bridgehead atoms. The van der Waals surface area contributed by atoms with Gasteiger partial charge in [-0.2, -0.15) is 0 Å². The monoisotopic (exact) mass is 293 g/mol. The Morgan fingerprint density at radius 2 is 2.25 bits per heavy atom. The van der Waals surface area contributed by atoms with Crippen molar-refractivity contribution in [1.82, 2.24) is 4.98 Å². The quantitative estimate of drug-likeness (QED) is 0.669. The van der Waals surface area contributed by atoms with Crippen LogP contribution >= 0.6 is 11.6 Å².